The van der Waals surface area contributed by atoms with Crippen molar-refractivity contribution in [3.05, 3.63) is 0 Å². The van der Waals surface area contributed by atoms with Crippen LogP contribution in [0.25, 0.3) is 0 Å². The van der Waals surface area contributed by atoms with E-state index in [4.69, 9.17) is 10.8 Å². The molecule has 0 radical (unpaired) electrons. The monoisotopic (exact) mass is 216 g/mol. The standard InChI is InChI=1S/C10H20N2O3/c1-3-7(10(14)15)5-6-12-8(4-2)9(11)13/h7-8,12H,3-6H2,1-2H3,(H2,11,13)(H,14,15)/t7-,8?/m0/s1. The maximum atomic E-state index is 10.9. The Morgan fingerprint density at radius 2 is 1.93 bits per heavy atom. The molecule has 0 heterocycles. The molecule has 88 valence electrons. The molecule has 2 atom stereocenters. The third kappa shape index (κ3) is 5.37. The summed E-state index contributed by atoms with van der Waals surface area (Å²) in [5, 5.41) is 11.7. The van der Waals surface area contributed by atoms with Crippen LogP contribution < -0.4 is 11.1 Å². The van der Waals surface area contributed by atoms with E-state index in [-0.39, 0.29) is 17.9 Å². The van der Waals surface area contributed by atoms with Gasteiger partial charge in [-0.05, 0) is 25.8 Å². The zero-order valence-corrected chi connectivity index (χ0v) is 9.32. The van der Waals surface area contributed by atoms with Crippen LogP contribution >= 0.6 is 0 Å². The zero-order valence-electron chi connectivity index (χ0n) is 9.32. The summed E-state index contributed by atoms with van der Waals surface area (Å²) in [5.41, 5.74) is 5.14. The van der Waals surface area contributed by atoms with Crippen LogP contribution in [-0.4, -0.2) is 29.6 Å². The lowest BCUT2D eigenvalue weighted by Gasteiger charge is -2.15. The van der Waals surface area contributed by atoms with Gasteiger partial charge in [-0.3, -0.25) is 9.59 Å². The van der Waals surface area contributed by atoms with Gasteiger partial charge < -0.3 is 16.2 Å². The topological polar surface area (TPSA) is 92.4 Å². The molecule has 0 saturated heterocycles. The summed E-state index contributed by atoms with van der Waals surface area (Å²) in [7, 11) is 0. The number of nitrogens with two attached hydrogens (primary N) is 1. The zero-order chi connectivity index (χ0) is 11.8. The predicted molar refractivity (Wildman–Crippen MR) is 57.3 cm³/mol. The molecule has 0 bridgehead atoms. The molecule has 0 aromatic heterocycles. The van der Waals surface area contributed by atoms with Crippen molar-refractivity contribution in [2.45, 2.75) is 39.2 Å². The second-order valence-electron chi connectivity index (χ2n) is 3.55. The maximum Gasteiger partial charge on any atom is 0.306 e. The molecule has 4 N–H and O–H groups in total. The number of hydrogen-bond donors (Lipinski definition) is 3. The molecule has 0 aromatic carbocycles. The number of aliphatic carboxylic acids is 1. The molecule has 0 fully saturated rings. The van der Waals surface area contributed by atoms with Crippen LogP contribution in [0.3, 0.4) is 0 Å². The smallest absolute Gasteiger partial charge is 0.306 e. The number of hydrogen-bond acceptors (Lipinski definition) is 3. The van der Waals surface area contributed by atoms with E-state index in [1.54, 1.807) is 0 Å². The molecule has 0 aliphatic heterocycles. The van der Waals surface area contributed by atoms with Crippen molar-refractivity contribution in [1.29, 1.82) is 0 Å². The summed E-state index contributed by atoms with van der Waals surface area (Å²) in [6.07, 6.45) is 1.75. The van der Waals surface area contributed by atoms with Gasteiger partial charge in [0.1, 0.15) is 0 Å². The van der Waals surface area contributed by atoms with Gasteiger partial charge in [0.25, 0.3) is 0 Å². The van der Waals surface area contributed by atoms with E-state index in [0.717, 1.165) is 0 Å². The highest BCUT2D eigenvalue weighted by Gasteiger charge is 2.16. The first-order valence-corrected chi connectivity index (χ1v) is 5.28. The fourth-order valence-corrected chi connectivity index (χ4v) is 1.38. The first-order valence-electron chi connectivity index (χ1n) is 5.28. The Morgan fingerprint density at radius 3 is 2.27 bits per heavy atom. The Balaban J connectivity index is 3.85. The number of amides is 1. The lowest BCUT2D eigenvalue weighted by molar-refractivity contribution is -0.142. The predicted octanol–water partition coefficient (Wildman–Crippen LogP) is 0.341. The number of rotatable bonds is 8. The molecule has 5 heteroatoms. The minimum Gasteiger partial charge on any atom is -0.481 e. The Bertz CT molecular complexity index is 197. The Kier molecular flexibility index (Phi) is 6.70. The molecule has 0 spiro atoms. The Morgan fingerprint density at radius 1 is 1.33 bits per heavy atom. The van der Waals surface area contributed by atoms with Crippen LogP contribution in [0.15, 0.2) is 0 Å². The number of carboxylic acids is 1. The molecule has 0 aliphatic rings. The third-order valence-corrected chi connectivity index (χ3v) is 2.48. The fraction of sp³-hybridized carbons (Fsp3) is 0.800. The van der Waals surface area contributed by atoms with Gasteiger partial charge in [0.2, 0.25) is 5.91 Å². The Labute approximate surface area is 90.0 Å². The molecular weight excluding hydrogens is 196 g/mol. The first-order chi connectivity index (χ1) is 7.02. The van der Waals surface area contributed by atoms with E-state index < -0.39 is 5.97 Å². The normalized spacial score (nSPS) is 14.5. The van der Waals surface area contributed by atoms with Gasteiger partial charge in [0.15, 0.2) is 0 Å². The summed E-state index contributed by atoms with van der Waals surface area (Å²) in [4.78, 5) is 21.5. The second kappa shape index (κ2) is 7.23. The van der Waals surface area contributed by atoms with Crippen LogP contribution in [-0.2, 0) is 9.59 Å². The molecule has 1 unspecified atom stereocenters. The third-order valence-electron chi connectivity index (χ3n) is 2.48. The lowest BCUT2D eigenvalue weighted by Crippen LogP contribution is -2.41. The highest BCUT2D eigenvalue weighted by atomic mass is 16.4. The number of primary amides is 1. The molecule has 15 heavy (non-hydrogen) atoms. The van der Waals surface area contributed by atoms with Crippen molar-refractivity contribution >= 4 is 11.9 Å². The van der Waals surface area contributed by atoms with Crippen molar-refractivity contribution in [1.82, 2.24) is 5.32 Å². The van der Waals surface area contributed by atoms with Crippen molar-refractivity contribution in [2.75, 3.05) is 6.54 Å². The van der Waals surface area contributed by atoms with E-state index in [1.165, 1.54) is 0 Å². The SMILES string of the molecule is CCC(NCC[C@H](CC)C(=O)O)C(N)=O. The molecule has 5 nitrogen and oxygen atoms in total. The van der Waals surface area contributed by atoms with E-state index in [2.05, 4.69) is 5.32 Å². The molecule has 0 aliphatic carbocycles. The summed E-state index contributed by atoms with van der Waals surface area (Å²) in [6.45, 7) is 4.20. The van der Waals surface area contributed by atoms with Crippen LogP contribution in [0, 0.1) is 5.92 Å². The van der Waals surface area contributed by atoms with Gasteiger partial charge in [-0.15, -0.1) is 0 Å². The van der Waals surface area contributed by atoms with Gasteiger partial charge in [0.05, 0.1) is 12.0 Å². The van der Waals surface area contributed by atoms with E-state index in [0.29, 0.717) is 25.8 Å². The highest BCUT2D eigenvalue weighted by molar-refractivity contribution is 5.79. The van der Waals surface area contributed by atoms with Crippen molar-refractivity contribution < 1.29 is 14.7 Å². The van der Waals surface area contributed by atoms with Gasteiger partial charge >= 0.3 is 5.97 Å². The summed E-state index contributed by atoms with van der Waals surface area (Å²) in [5.74, 6) is -1.52. The van der Waals surface area contributed by atoms with E-state index >= 15 is 0 Å². The van der Waals surface area contributed by atoms with Crippen molar-refractivity contribution in [3.8, 4) is 0 Å². The number of carboxylic acid groups (broad SMARTS) is 1. The van der Waals surface area contributed by atoms with Crippen molar-refractivity contribution in [3.63, 3.8) is 0 Å². The van der Waals surface area contributed by atoms with Gasteiger partial charge in [-0.1, -0.05) is 13.8 Å². The largest absolute Gasteiger partial charge is 0.481 e. The summed E-state index contributed by atoms with van der Waals surface area (Å²) in [6, 6.07) is -0.351. The number of carbonyl (C=O) groups excluding carboxylic acids is 1. The first kappa shape index (κ1) is 13.9. The molecule has 0 rings (SSSR count). The summed E-state index contributed by atoms with van der Waals surface area (Å²) >= 11 is 0. The van der Waals surface area contributed by atoms with E-state index in [9.17, 15) is 9.59 Å². The van der Waals surface area contributed by atoms with Crippen molar-refractivity contribution in [2.24, 2.45) is 11.7 Å². The van der Waals surface area contributed by atoms with Gasteiger partial charge in [-0.2, -0.15) is 0 Å². The lowest BCUT2D eigenvalue weighted by atomic mass is 10.0. The quantitative estimate of drug-likeness (QED) is 0.545. The second-order valence-corrected chi connectivity index (χ2v) is 3.55. The highest BCUT2D eigenvalue weighted by Crippen LogP contribution is 2.07. The number of nitrogens with one attached hydrogen (secondary N) is 1. The van der Waals surface area contributed by atoms with Gasteiger partial charge in [-0.25, -0.2) is 0 Å². The minimum atomic E-state index is -0.786. The fourth-order valence-electron chi connectivity index (χ4n) is 1.38. The van der Waals surface area contributed by atoms with E-state index in [1.807, 2.05) is 13.8 Å². The average molecular weight is 216 g/mol. The number of carbonyl (C=O) groups is 2. The molecule has 0 aromatic rings. The van der Waals surface area contributed by atoms with Crippen LogP contribution in [0.5, 0.6) is 0 Å². The molecule has 0 saturated carbocycles. The Hall–Kier alpha value is -1.10. The summed E-state index contributed by atoms with van der Waals surface area (Å²) < 4.78 is 0. The molecular formula is C10H20N2O3. The minimum absolute atomic E-state index is 0.345. The van der Waals surface area contributed by atoms with Crippen LogP contribution in [0.4, 0.5) is 0 Å². The van der Waals surface area contributed by atoms with Gasteiger partial charge in [0, 0.05) is 0 Å². The molecule has 1 amide bonds. The van der Waals surface area contributed by atoms with Crippen LogP contribution in [0.1, 0.15) is 33.1 Å². The van der Waals surface area contributed by atoms with Crippen LogP contribution in [0.2, 0.25) is 0 Å². The average Bonchev–Trinajstić information content (AvgIpc) is 2.17. The maximum absolute atomic E-state index is 10.9.